The summed E-state index contributed by atoms with van der Waals surface area (Å²) in [6.45, 7) is 0. The molecule has 2 heterocycles. The minimum Gasteiger partial charge on any atom is -0.333 e. The van der Waals surface area contributed by atoms with Crippen molar-refractivity contribution in [3.8, 4) is 10.8 Å². The van der Waals surface area contributed by atoms with Crippen molar-refractivity contribution < 1.29 is 8.91 Å². The summed E-state index contributed by atoms with van der Waals surface area (Å²) < 4.78 is 18.5. The van der Waals surface area contributed by atoms with Crippen molar-refractivity contribution in [1.29, 1.82) is 0 Å². The predicted molar refractivity (Wildman–Crippen MR) is 69.2 cm³/mol. The van der Waals surface area contributed by atoms with Crippen molar-refractivity contribution in [2.45, 2.75) is 31.2 Å². The average Bonchev–Trinajstić information content (AvgIpc) is 2.97. The van der Waals surface area contributed by atoms with Crippen LogP contribution in [0.4, 0.5) is 4.39 Å². The summed E-state index contributed by atoms with van der Waals surface area (Å²) in [5.74, 6) is 0.393. The first-order valence-corrected chi connectivity index (χ1v) is 6.43. The Bertz CT molecular complexity index is 536. The van der Waals surface area contributed by atoms with Gasteiger partial charge in [-0.25, -0.2) is 4.39 Å². The molecular weight excluding hydrogens is 277 g/mol. The Morgan fingerprint density at radius 1 is 1.39 bits per heavy atom. The SMILES string of the molecule is Cl.NC1(c2noc(-c3sccc3F)n2)CCCC1. The fourth-order valence-electron chi connectivity index (χ4n) is 2.19. The molecule has 1 aliphatic carbocycles. The van der Waals surface area contributed by atoms with Crippen molar-refractivity contribution in [1.82, 2.24) is 10.1 Å². The van der Waals surface area contributed by atoms with E-state index in [1.54, 1.807) is 5.38 Å². The quantitative estimate of drug-likeness (QED) is 0.923. The number of nitrogens with zero attached hydrogens (tertiary/aromatic N) is 2. The van der Waals surface area contributed by atoms with Crippen LogP contribution >= 0.6 is 23.7 Å². The van der Waals surface area contributed by atoms with Crippen LogP contribution in [-0.2, 0) is 5.54 Å². The molecule has 2 aromatic heterocycles. The topological polar surface area (TPSA) is 64.9 Å². The van der Waals surface area contributed by atoms with Crippen LogP contribution in [0.5, 0.6) is 0 Å². The lowest BCUT2D eigenvalue weighted by molar-refractivity contribution is 0.372. The molecule has 2 aromatic rings. The molecule has 0 unspecified atom stereocenters. The second-order valence-electron chi connectivity index (χ2n) is 4.38. The molecule has 0 aromatic carbocycles. The summed E-state index contributed by atoms with van der Waals surface area (Å²) in [6.07, 6.45) is 3.87. The molecule has 1 fully saturated rings. The van der Waals surface area contributed by atoms with E-state index >= 15 is 0 Å². The zero-order valence-electron chi connectivity index (χ0n) is 9.56. The summed E-state index contributed by atoms with van der Waals surface area (Å²) in [7, 11) is 0. The van der Waals surface area contributed by atoms with Gasteiger partial charge in [-0.2, -0.15) is 4.98 Å². The molecule has 1 aliphatic rings. The van der Waals surface area contributed by atoms with Crippen LogP contribution in [0.25, 0.3) is 10.8 Å². The lowest BCUT2D eigenvalue weighted by Gasteiger charge is -2.17. The molecule has 0 spiro atoms. The van der Waals surface area contributed by atoms with E-state index in [1.165, 1.54) is 17.4 Å². The average molecular weight is 290 g/mol. The van der Waals surface area contributed by atoms with Crippen LogP contribution in [0.15, 0.2) is 16.0 Å². The van der Waals surface area contributed by atoms with Crippen LogP contribution < -0.4 is 5.73 Å². The van der Waals surface area contributed by atoms with Crippen molar-refractivity contribution >= 4 is 23.7 Å². The summed E-state index contributed by atoms with van der Waals surface area (Å²) in [5, 5.41) is 5.55. The predicted octanol–water partition coefficient (Wildman–Crippen LogP) is 3.09. The number of hydrogen-bond acceptors (Lipinski definition) is 5. The summed E-state index contributed by atoms with van der Waals surface area (Å²) >= 11 is 1.25. The highest BCUT2D eigenvalue weighted by atomic mass is 35.5. The molecule has 98 valence electrons. The van der Waals surface area contributed by atoms with E-state index in [0.29, 0.717) is 10.7 Å². The van der Waals surface area contributed by atoms with Gasteiger partial charge in [-0.15, -0.1) is 23.7 Å². The maximum atomic E-state index is 13.4. The van der Waals surface area contributed by atoms with Crippen LogP contribution in [0, 0.1) is 5.82 Å². The summed E-state index contributed by atoms with van der Waals surface area (Å²) in [6, 6.07) is 1.39. The monoisotopic (exact) mass is 289 g/mol. The minimum atomic E-state index is -0.491. The van der Waals surface area contributed by atoms with Crippen molar-refractivity contribution in [3.63, 3.8) is 0 Å². The highest BCUT2D eigenvalue weighted by molar-refractivity contribution is 7.13. The Labute approximate surface area is 114 Å². The van der Waals surface area contributed by atoms with Crippen molar-refractivity contribution in [3.05, 3.63) is 23.1 Å². The second kappa shape index (κ2) is 4.95. The Hall–Kier alpha value is -0.980. The fraction of sp³-hybridized carbons (Fsp3) is 0.455. The number of halogens is 2. The molecule has 0 amide bonds. The van der Waals surface area contributed by atoms with E-state index in [1.807, 2.05) is 0 Å². The lowest BCUT2D eigenvalue weighted by Crippen LogP contribution is -2.34. The van der Waals surface area contributed by atoms with Gasteiger partial charge in [0.2, 0.25) is 0 Å². The molecule has 0 saturated heterocycles. The molecule has 0 aliphatic heterocycles. The maximum Gasteiger partial charge on any atom is 0.271 e. The molecule has 18 heavy (non-hydrogen) atoms. The molecule has 7 heteroatoms. The van der Waals surface area contributed by atoms with E-state index in [0.717, 1.165) is 25.7 Å². The molecule has 0 bridgehead atoms. The molecule has 0 atom stereocenters. The Morgan fingerprint density at radius 2 is 2.11 bits per heavy atom. The third-order valence-electron chi connectivity index (χ3n) is 3.18. The van der Waals surface area contributed by atoms with E-state index in [2.05, 4.69) is 10.1 Å². The van der Waals surface area contributed by atoms with E-state index in [-0.39, 0.29) is 24.1 Å². The summed E-state index contributed by atoms with van der Waals surface area (Å²) in [4.78, 5) is 4.61. The second-order valence-corrected chi connectivity index (χ2v) is 5.30. The Kier molecular flexibility index (Phi) is 3.70. The van der Waals surface area contributed by atoms with E-state index < -0.39 is 5.54 Å². The van der Waals surface area contributed by atoms with E-state index in [9.17, 15) is 4.39 Å². The van der Waals surface area contributed by atoms with Gasteiger partial charge in [0.05, 0.1) is 5.54 Å². The number of aromatic nitrogens is 2. The van der Waals surface area contributed by atoms with Gasteiger partial charge in [-0.3, -0.25) is 0 Å². The van der Waals surface area contributed by atoms with Crippen LogP contribution in [0.1, 0.15) is 31.5 Å². The van der Waals surface area contributed by atoms with Gasteiger partial charge in [-0.1, -0.05) is 18.0 Å². The molecular formula is C11H13ClFN3OS. The molecule has 4 nitrogen and oxygen atoms in total. The third-order valence-corrected chi connectivity index (χ3v) is 4.06. The number of hydrogen-bond donors (Lipinski definition) is 1. The zero-order valence-corrected chi connectivity index (χ0v) is 11.2. The van der Waals surface area contributed by atoms with Gasteiger partial charge in [0.1, 0.15) is 10.7 Å². The van der Waals surface area contributed by atoms with Crippen LogP contribution in [-0.4, -0.2) is 10.1 Å². The normalized spacial score (nSPS) is 17.7. The van der Waals surface area contributed by atoms with Gasteiger partial charge >= 0.3 is 0 Å². The number of thiophene rings is 1. The first kappa shape index (κ1) is 13.5. The zero-order chi connectivity index (χ0) is 11.9. The first-order chi connectivity index (χ1) is 8.19. The summed E-state index contributed by atoms with van der Waals surface area (Å²) in [5.41, 5.74) is 5.72. The highest BCUT2D eigenvalue weighted by Gasteiger charge is 2.36. The van der Waals surface area contributed by atoms with Crippen LogP contribution in [0.2, 0.25) is 0 Å². The lowest BCUT2D eigenvalue weighted by atomic mass is 9.99. The molecule has 3 rings (SSSR count). The van der Waals surface area contributed by atoms with Crippen molar-refractivity contribution in [2.75, 3.05) is 0 Å². The van der Waals surface area contributed by atoms with Gasteiger partial charge in [0.25, 0.3) is 5.89 Å². The standard InChI is InChI=1S/C11H12FN3OS.ClH/c12-7-3-6-17-8(7)9-14-10(15-16-9)11(13)4-1-2-5-11;/h3,6H,1-2,4-5,13H2;1H. The largest absolute Gasteiger partial charge is 0.333 e. The molecule has 2 N–H and O–H groups in total. The van der Waals surface area contributed by atoms with Gasteiger partial charge in [0.15, 0.2) is 5.82 Å². The van der Waals surface area contributed by atoms with Gasteiger partial charge < -0.3 is 10.3 Å². The smallest absolute Gasteiger partial charge is 0.271 e. The third kappa shape index (κ3) is 2.15. The van der Waals surface area contributed by atoms with Gasteiger partial charge in [0, 0.05) is 0 Å². The van der Waals surface area contributed by atoms with Crippen LogP contribution in [0.3, 0.4) is 0 Å². The first-order valence-electron chi connectivity index (χ1n) is 5.55. The van der Waals surface area contributed by atoms with E-state index in [4.69, 9.17) is 10.3 Å². The number of rotatable bonds is 2. The maximum absolute atomic E-state index is 13.4. The molecule has 1 saturated carbocycles. The fourth-order valence-corrected chi connectivity index (χ4v) is 2.88. The highest BCUT2D eigenvalue weighted by Crippen LogP contribution is 2.36. The Morgan fingerprint density at radius 3 is 2.72 bits per heavy atom. The Balaban J connectivity index is 0.00000120. The van der Waals surface area contributed by atoms with Crippen molar-refractivity contribution in [2.24, 2.45) is 5.73 Å². The minimum absolute atomic E-state index is 0. The molecule has 0 radical (unpaired) electrons. The van der Waals surface area contributed by atoms with Gasteiger partial charge in [-0.05, 0) is 24.3 Å². The number of nitrogens with two attached hydrogens (primary N) is 1.